The van der Waals surface area contributed by atoms with Crippen LogP contribution in [0.3, 0.4) is 0 Å². The number of hydrogen-bond donors (Lipinski definition) is 5. The van der Waals surface area contributed by atoms with E-state index in [2.05, 4.69) is 20.6 Å². The molecule has 0 unspecified atom stereocenters. The molecular weight excluding hydrogens is 466 g/mol. The summed E-state index contributed by atoms with van der Waals surface area (Å²) >= 11 is 0. The largest absolute Gasteiger partial charge is 0.390 e. The van der Waals surface area contributed by atoms with Crippen molar-refractivity contribution in [3.8, 4) is 11.3 Å². The number of para-hydroxylation sites is 1. The van der Waals surface area contributed by atoms with E-state index < -0.39 is 29.8 Å². The Bertz CT molecular complexity index is 1410. The number of rotatable bonds is 6. The summed E-state index contributed by atoms with van der Waals surface area (Å²) in [6, 6.07) is 17.2. The molecule has 1 fully saturated rings. The van der Waals surface area contributed by atoms with Crippen LogP contribution in [0.4, 0.5) is 17.2 Å². The summed E-state index contributed by atoms with van der Waals surface area (Å²) in [6.45, 7) is 7.21. The van der Waals surface area contributed by atoms with E-state index >= 15 is 0 Å². The molecule has 192 valence electrons. The van der Waals surface area contributed by atoms with Crippen molar-refractivity contribution in [2.24, 2.45) is 5.92 Å². The van der Waals surface area contributed by atoms with Crippen LogP contribution in [0.2, 0.25) is 0 Å². The summed E-state index contributed by atoms with van der Waals surface area (Å²) in [5, 5.41) is 39.9. The van der Waals surface area contributed by atoms with E-state index in [1.54, 1.807) is 20.0 Å². The molecule has 4 aromatic rings. The molecule has 0 saturated heterocycles. The van der Waals surface area contributed by atoms with E-state index in [9.17, 15) is 15.3 Å². The second-order valence-electron chi connectivity index (χ2n) is 10.5. The van der Waals surface area contributed by atoms with Gasteiger partial charge in [0.2, 0.25) is 0 Å². The minimum absolute atomic E-state index is 0.407. The normalized spacial score (nSPS) is 21.8. The summed E-state index contributed by atoms with van der Waals surface area (Å²) < 4.78 is 0. The van der Waals surface area contributed by atoms with Crippen molar-refractivity contribution in [3.63, 3.8) is 0 Å². The summed E-state index contributed by atoms with van der Waals surface area (Å²) in [6.07, 6.45) is 0.0869. The Morgan fingerprint density at radius 1 is 0.919 bits per heavy atom. The number of hydrogen-bond acceptors (Lipinski definition) is 8. The van der Waals surface area contributed by atoms with Gasteiger partial charge < -0.3 is 26.0 Å². The first kappa shape index (κ1) is 25.1. The smallest absolute Gasteiger partial charge is 0.132 e. The average Bonchev–Trinajstić information content (AvgIpc) is 3.12. The van der Waals surface area contributed by atoms with Gasteiger partial charge in [0.25, 0.3) is 0 Å². The number of fused-ring (bicyclic) bond motifs is 1. The molecule has 0 aliphatic heterocycles. The highest BCUT2D eigenvalue weighted by Crippen LogP contribution is 2.38. The minimum atomic E-state index is -1.12. The Balaban J connectivity index is 1.53. The summed E-state index contributed by atoms with van der Waals surface area (Å²) in [7, 11) is 0. The number of anilines is 3. The Kier molecular flexibility index (Phi) is 6.58. The fraction of sp³-hybridized carbons (Fsp3) is 0.345. The zero-order chi connectivity index (χ0) is 26.3. The summed E-state index contributed by atoms with van der Waals surface area (Å²) in [4.78, 5) is 13.9. The van der Waals surface area contributed by atoms with Gasteiger partial charge >= 0.3 is 0 Å². The second kappa shape index (κ2) is 9.70. The van der Waals surface area contributed by atoms with Gasteiger partial charge in [-0.2, -0.15) is 0 Å². The quantitative estimate of drug-likeness (QED) is 0.265. The number of aryl methyl sites for hydroxylation is 2. The van der Waals surface area contributed by atoms with Gasteiger partial charge in [0.15, 0.2) is 0 Å². The maximum absolute atomic E-state index is 10.8. The second-order valence-corrected chi connectivity index (χ2v) is 10.5. The molecule has 0 radical (unpaired) electrons. The van der Waals surface area contributed by atoms with Gasteiger partial charge in [-0.05, 0) is 58.4 Å². The Morgan fingerprint density at radius 2 is 1.65 bits per heavy atom. The third-order valence-corrected chi connectivity index (χ3v) is 7.06. The Morgan fingerprint density at radius 3 is 2.35 bits per heavy atom. The standard InChI is InChI=1S/C29H33N5O3/c1-16-11-19(12-17(2)31-16)32-26-14-24(34-25-13-21(29(3,4)37)27(35)28(25)36)20(15-30-26)23-10-9-18-7-5-6-8-22(18)33-23/h5-12,14-15,21,25,27-28,35-37H,13H2,1-4H3,(H2,30,31,32,34)/t21-,25+,27+,28-/m0/s1. The fourth-order valence-corrected chi connectivity index (χ4v) is 5.20. The van der Waals surface area contributed by atoms with Crippen LogP contribution in [-0.4, -0.2) is 54.1 Å². The molecule has 0 bridgehead atoms. The highest BCUT2D eigenvalue weighted by Gasteiger charge is 2.47. The first-order valence-corrected chi connectivity index (χ1v) is 12.5. The lowest BCUT2D eigenvalue weighted by Gasteiger charge is -2.28. The average molecular weight is 500 g/mol. The lowest BCUT2D eigenvalue weighted by molar-refractivity contribution is -0.0601. The molecule has 5 rings (SSSR count). The van der Waals surface area contributed by atoms with Crippen molar-refractivity contribution in [2.45, 2.75) is 58.0 Å². The zero-order valence-electron chi connectivity index (χ0n) is 21.5. The van der Waals surface area contributed by atoms with Crippen LogP contribution in [0.5, 0.6) is 0 Å². The Hall–Kier alpha value is -3.59. The van der Waals surface area contributed by atoms with Crippen LogP contribution in [-0.2, 0) is 0 Å². The number of aliphatic hydroxyl groups excluding tert-OH is 2. The van der Waals surface area contributed by atoms with Crippen molar-refractivity contribution >= 4 is 28.1 Å². The molecule has 1 aromatic carbocycles. The van der Waals surface area contributed by atoms with Crippen LogP contribution in [0.25, 0.3) is 22.2 Å². The number of pyridine rings is 3. The molecule has 37 heavy (non-hydrogen) atoms. The minimum Gasteiger partial charge on any atom is -0.390 e. The maximum Gasteiger partial charge on any atom is 0.132 e. The van der Waals surface area contributed by atoms with Gasteiger partial charge in [0.05, 0.1) is 29.0 Å². The van der Waals surface area contributed by atoms with Gasteiger partial charge in [0, 0.05) is 51.9 Å². The van der Waals surface area contributed by atoms with E-state index in [0.29, 0.717) is 12.2 Å². The van der Waals surface area contributed by atoms with Crippen LogP contribution in [0.15, 0.2) is 60.8 Å². The molecular formula is C29H33N5O3. The van der Waals surface area contributed by atoms with Crippen LogP contribution in [0.1, 0.15) is 31.7 Å². The molecule has 5 N–H and O–H groups in total. The van der Waals surface area contributed by atoms with Gasteiger partial charge in [-0.15, -0.1) is 0 Å². The molecule has 1 saturated carbocycles. The molecule has 4 atom stereocenters. The molecule has 0 spiro atoms. The number of aliphatic hydroxyl groups is 3. The van der Waals surface area contributed by atoms with Crippen LogP contribution < -0.4 is 10.6 Å². The van der Waals surface area contributed by atoms with Gasteiger partial charge in [-0.25, -0.2) is 9.97 Å². The predicted octanol–water partition coefficient (Wildman–Crippen LogP) is 4.35. The molecule has 3 aromatic heterocycles. The van der Waals surface area contributed by atoms with Crippen molar-refractivity contribution < 1.29 is 15.3 Å². The fourth-order valence-electron chi connectivity index (χ4n) is 5.20. The van der Waals surface area contributed by atoms with E-state index in [-0.39, 0.29) is 0 Å². The highest BCUT2D eigenvalue weighted by molar-refractivity contribution is 5.85. The molecule has 0 amide bonds. The van der Waals surface area contributed by atoms with Gasteiger partial charge in [-0.1, -0.05) is 24.3 Å². The first-order chi connectivity index (χ1) is 17.6. The number of benzene rings is 1. The number of nitrogens with one attached hydrogen (secondary N) is 2. The van der Waals surface area contributed by atoms with E-state index in [1.165, 1.54) is 0 Å². The predicted molar refractivity (Wildman–Crippen MR) is 146 cm³/mol. The first-order valence-electron chi connectivity index (χ1n) is 12.5. The molecule has 3 heterocycles. The van der Waals surface area contributed by atoms with Gasteiger partial charge in [0.1, 0.15) is 11.9 Å². The van der Waals surface area contributed by atoms with Crippen molar-refractivity contribution in [1.82, 2.24) is 15.0 Å². The molecule has 8 heteroatoms. The van der Waals surface area contributed by atoms with Crippen LogP contribution in [0, 0.1) is 19.8 Å². The molecule has 1 aliphatic carbocycles. The van der Waals surface area contributed by atoms with Crippen molar-refractivity contribution in [3.05, 3.63) is 72.2 Å². The van der Waals surface area contributed by atoms with Gasteiger partial charge in [-0.3, -0.25) is 4.98 Å². The highest BCUT2D eigenvalue weighted by atomic mass is 16.3. The third kappa shape index (κ3) is 5.27. The topological polar surface area (TPSA) is 123 Å². The maximum atomic E-state index is 10.8. The van der Waals surface area contributed by atoms with Crippen LogP contribution >= 0.6 is 0 Å². The molecule has 1 aliphatic rings. The number of nitrogens with zero attached hydrogens (tertiary/aromatic N) is 3. The zero-order valence-corrected chi connectivity index (χ0v) is 21.5. The van der Waals surface area contributed by atoms with Crippen molar-refractivity contribution in [2.75, 3.05) is 10.6 Å². The molecule has 8 nitrogen and oxygen atoms in total. The van der Waals surface area contributed by atoms with E-state index in [0.717, 1.165) is 44.9 Å². The summed E-state index contributed by atoms with van der Waals surface area (Å²) in [5.41, 5.74) is 4.65. The lowest BCUT2D eigenvalue weighted by Crippen LogP contribution is -2.40. The summed E-state index contributed by atoms with van der Waals surface area (Å²) in [5.74, 6) is 0.147. The third-order valence-electron chi connectivity index (χ3n) is 7.06. The lowest BCUT2D eigenvalue weighted by atomic mass is 9.88. The van der Waals surface area contributed by atoms with E-state index in [1.807, 2.05) is 68.4 Å². The van der Waals surface area contributed by atoms with Crippen molar-refractivity contribution in [1.29, 1.82) is 0 Å². The van der Waals surface area contributed by atoms with E-state index in [4.69, 9.17) is 4.98 Å². The number of aromatic nitrogens is 3. The SMILES string of the molecule is Cc1cc(Nc2cc(N[C@@H]3C[C@H](C(C)(C)O)[C@@H](O)[C@H]3O)c(-c3ccc4ccccc4n3)cn2)cc(C)n1. The Labute approximate surface area is 216 Å². The monoisotopic (exact) mass is 499 g/mol.